The first kappa shape index (κ1) is 13.2. The van der Waals surface area contributed by atoms with Crippen LogP contribution in [-0.2, 0) is 6.54 Å². The number of aryl methyl sites for hydroxylation is 1. The fourth-order valence-corrected chi connectivity index (χ4v) is 1.74. The van der Waals surface area contributed by atoms with Crippen LogP contribution >= 0.6 is 0 Å². The zero-order valence-electron chi connectivity index (χ0n) is 11.4. The van der Waals surface area contributed by atoms with E-state index in [1.54, 1.807) is 6.20 Å². The highest BCUT2D eigenvalue weighted by Gasteiger charge is 2.08. The Hall–Kier alpha value is -2.24. The molecule has 2 aromatic heterocycles. The topological polar surface area (TPSA) is 75.6 Å². The molecule has 0 aliphatic rings. The minimum absolute atomic E-state index is 0.594. The Morgan fingerprint density at radius 1 is 1.11 bits per heavy atom. The van der Waals surface area contributed by atoms with Gasteiger partial charge < -0.3 is 10.6 Å². The SMILES string of the molecule is CCNc1nc(C)nc(NCc2cccnn2)c1C. The third-order valence-corrected chi connectivity index (χ3v) is 2.67. The summed E-state index contributed by atoms with van der Waals surface area (Å²) in [7, 11) is 0. The molecule has 6 nitrogen and oxygen atoms in total. The molecule has 0 amide bonds. The summed E-state index contributed by atoms with van der Waals surface area (Å²) >= 11 is 0. The smallest absolute Gasteiger partial charge is 0.135 e. The third kappa shape index (κ3) is 3.37. The molecular formula is C13H18N6. The van der Waals surface area contributed by atoms with Crippen molar-refractivity contribution in [3.05, 3.63) is 35.4 Å². The first-order valence-electron chi connectivity index (χ1n) is 6.30. The number of hydrogen-bond donors (Lipinski definition) is 2. The summed E-state index contributed by atoms with van der Waals surface area (Å²) in [4.78, 5) is 8.81. The van der Waals surface area contributed by atoms with Crippen LogP contribution in [0.4, 0.5) is 11.6 Å². The fraction of sp³-hybridized carbons (Fsp3) is 0.385. The Morgan fingerprint density at radius 3 is 2.47 bits per heavy atom. The molecule has 2 heterocycles. The first-order chi connectivity index (χ1) is 9.20. The van der Waals surface area contributed by atoms with E-state index in [0.29, 0.717) is 6.54 Å². The number of nitrogens with zero attached hydrogens (tertiary/aromatic N) is 4. The molecule has 2 N–H and O–H groups in total. The lowest BCUT2D eigenvalue weighted by atomic mass is 10.3. The van der Waals surface area contributed by atoms with Gasteiger partial charge in [0.2, 0.25) is 0 Å². The van der Waals surface area contributed by atoms with Gasteiger partial charge in [0.15, 0.2) is 0 Å². The molecule has 6 heteroatoms. The van der Waals surface area contributed by atoms with Crippen molar-refractivity contribution in [3.8, 4) is 0 Å². The summed E-state index contributed by atoms with van der Waals surface area (Å²) in [6.45, 7) is 7.35. The minimum Gasteiger partial charge on any atom is -0.370 e. The highest BCUT2D eigenvalue weighted by atomic mass is 15.1. The van der Waals surface area contributed by atoms with Crippen LogP contribution in [-0.4, -0.2) is 26.7 Å². The van der Waals surface area contributed by atoms with Crippen molar-refractivity contribution >= 4 is 11.6 Å². The molecule has 0 saturated carbocycles. The fourth-order valence-electron chi connectivity index (χ4n) is 1.74. The van der Waals surface area contributed by atoms with E-state index in [9.17, 15) is 0 Å². The maximum atomic E-state index is 4.42. The molecule has 0 saturated heterocycles. The molecule has 0 aromatic carbocycles. The van der Waals surface area contributed by atoms with Gasteiger partial charge in [-0.1, -0.05) is 0 Å². The van der Waals surface area contributed by atoms with Gasteiger partial charge in [-0.2, -0.15) is 10.2 Å². The normalized spacial score (nSPS) is 10.3. The van der Waals surface area contributed by atoms with Gasteiger partial charge in [-0.05, 0) is 32.9 Å². The van der Waals surface area contributed by atoms with Crippen LogP contribution in [0.1, 0.15) is 24.0 Å². The van der Waals surface area contributed by atoms with Crippen LogP contribution < -0.4 is 10.6 Å². The molecule has 0 radical (unpaired) electrons. The second kappa shape index (κ2) is 6.08. The predicted octanol–water partition coefficient (Wildman–Crippen LogP) is 1.93. The second-order valence-corrected chi connectivity index (χ2v) is 4.19. The molecule has 0 spiro atoms. The molecule has 2 rings (SSSR count). The van der Waals surface area contributed by atoms with Gasteiger partial charge in [0.05, 0.1) is 12.2 Å². The Kier molecular flexibility index (Phi) is 4.22. The van der Waals surface area contributed by atoms with E-state index < -0.39 is 0 Å². The van der Waals surface area contributed by atoms with Gasteiger partial charge in [0.25, 0.3) is 0 Å². The Bertz CT molecular complexity index is 540. The molecule has 0 atom stereocenters. The van der Waals surface area contributed by atoms with Gasteiger partial charge in [0.1, 0.15) is 17.5 Å². The highest BCUT2D eigenvalue weighted by Crippen LogP contribution is 2.19. The van der Waals surface area contributed by atoms with Crippen LogP contribution in [0.5, 0.6) is 0 Å². The number of aromatic nitrogens is 4. The number of anilines is 2. The molecule has 0 aliphatic carbocycles. The molecule has 0 fully saturated rings. The third-order valence-electron chi connectivity index (χ3n) is 2.67. The van der Waals surface area contributed by atoms with E-state index in [1.807, 2.05) is 32.9 Å². The lowest BCUT2D eigenvalue weighted by Gasteiger charge is -2.13. The largest absolute Gasteiger partial charge is 0.370 e. The monoisotopic (exact) mass is 258 g/mol. The van der Waals surface area contributed by atoms with Crippen LogP contribution in [0.15, 0.2) is 18.3 Å². The second-order valence-electron chi connectivity index (χ2n) is 4.19. The van der Waals surface area contributed by atoms with Gasteiger partial charge in [0, 0.05) is 18.3 Å². The lowest BCUT2D eigenvalue weighted by Crippen LogP contribution is -2.10. The van der Waals surface area contributed by atoms with Crippen LogP contribution in [0.2, 0.25) is 0 Å². The zero-order valence-corrected chi connectivity index (χ0v) is 11.4. The standard InChI is InChI=1S/C13H18N6/c1-4-14-12-9(2)13(18-10(3)17-12)15-8-11-6-5-7-16-19-11/h5-7H,4,8H2,1-3H3,(H2,14,15,17,18). The summed E-state index contributed by atoms with van der Waals surface area (Å²) < 4.78 is 0. The van der Waals surface area contributed by atoms with Gasteiger partial charge >= 0.3 is 0 Å². The maximum absolute atomic E-state index is 4.42. The molecular weight excluding hydrogens is 240 g/mol. The van der Waals surface area contributed by atoms with E-state index in [1.165, 1.54) is 0 Å². The van der Waals surface area contributed by atoms with Crippen molar-refractivity contribution in [2.75, 3.05) is 17.2 Å². The molecule has 0 unspecified atom stereocenters. The summed E-state index contributed by atoms with van der Waals surface area (Å²) in [5.41, 5.74) is 1.89. The molecule has 19 heavy (non-hydrogen) atoms. The zero-order chi connectivity index (χ0) is 13.7. The van der Waals surface area contributed by atoms with E-state index in [-0.39, 0.29) is 0 Å². The van der Waals surface area contributed by atoms with Crippen molar-refractivity contribution in [2.45, 2.75) is 27.3 Å². The van der Waals surface area contributed by atoms with Gasteiger partial charge in [-0.3, -0.25) is 0 Å². The summed E-state index contributed by atoms with van der Waals surface area (Å²) in [6.07, 6.45) is 1.66. The predicted molar refractivity (Wildman–Crippen MR) is 75.0 cm³/mol. The minimum atomic E-state index is 0.594. The van der Waals surface area contributed by atoms with Crippen molar-refractivity contribution in [3.63, 3.8) is 0 Å². The Labute approximate surface area is 112 Å². The highest BCUT2D eigenvalue weighted by molar-refractivity contribution is 5.57. The summed E-state index contributed by atoms with van der Waals surface area (Å²) in [5.74, 6) is 2.44. The molecule has 0 bridgehead atoms. The maximum Gasteiger partial charge on any atom is 0.135 e. The number of nitrogens with one attached hydrogen (secondary N) is 2. The van der Waals surface area contributed by atoms with Gasteiger partial charge in [-0.25, -0.2) is 9.97 Å². The average molecular weight is 258 g/mol. The lowest BCUT2D eigenvalue weighted by molar-refractivity contribution is 0.912. The van der Waals surface area contributed by atoms with Crippen molar-refractivity contribution in [1.82, 2.24) is 20.2 Å². The summed E-state index contributed by atoms with van der Waals surface area (Å²) in [6, 6.07) is 3.79. The van der Waals surface area contributed by atoms with Crippen molar-refractivity contribution in [2.24, 2.45) is 0 Å². The number of rotatable bonds is 5. The van der Waals surface area contributed by atoms with Crippen LogP contribution in [0.25, 0.3) is 0 Å². The molecule has 0 aliphatic heterocycles. The Morgan fingerprint density at radius 2 is 1.84 bits per heavy atom. The van der Waals surface area contributed by atoms with E-state index in [2.05, 4.69) is 30.8 Å². The summed E-state index contributed by atoms with van der Waals surface area (Å²) in [5, 5.41) is 14.4. The van der Waals surface area contributed by atoms with Crippen molar-refractivity contribution < 1.29 is 0 Å². The first-order valence-corrected chi connectivity index (χ1v) is 6.30. The molecule has 100 valence electrons. The molecule has 2 aromatic rings. The quantitative estimate of drug-likeness (QED) is 0.853. The number of hydrogen-bond acceptors (Lipinski definition) is 6. The van der Waals surface area contributed by atoms with Crippen molar-refractivity contribution in [1.29, 1.82) is 0 Å². The van der Waals surface area contributed by atoms with Crippen LogP contribution in [0.3, 0.4) is 0 Å². The van der Waals surface area contributed by atoms with E-state index >= 15 is 0 Å². The Balaban J connectivity index is 2.16. The van der Waals surface area contributed by atoms with E-state index in [4.69, 9.17) is 0 Å². The average Bonchev–Trinajstić information content (AvgIpc) is 2.42. The van der Waals surface area contributed by atoms with Crippen LogP contribution in [0, 0.1) is 13.8 Å². The van der Waals surface area contributed by atoms with E-state index in [0.717, 1.165) is 35.3 Å². The van der Waals surface area contributed by atoms with Gasteiger partial charge in [-0.15, -0.1) is 0 Å².